The Morgan fingerprint density at radius 3 is 2.60 bits per heavy atom. The van der Waals surface area contributed by atoms with Crippen molar-refractivity contribution < 1.29 is 8.42 Å². The minimum Gasteiger partial charge on any atom is -0.309 e. The van der Waals surface area contributed by atoms with E-state index in [1.807, 2.05) is 11.7 Å². The first-order chi connectivity index (χ1) is 9.37. The monoisotopic (exact) mass is 301 g/mol. The topological polar surface area (TPSA) is 64.0 Å². The standard InChI is InChI=1S/C14H27N3O2S/c1-5-9-15-13(8-7-10-20(4,18)19)14-11-12(6-2)16-17(14)3/h11,13,15H,5-10H2,1-4H3. The molecular weight excluding hydrogens is 274 g/mol. The molecular formula is C14H27N3O2S. The van der Waals surface area contributed by atoms with Crippen LogP contribution in [0.15, 0.2) is 6.07 Å². The smallest absolute Gasteiger partial charge is 0.147 e. The van der Waals surface area contributed by atoms with E-state index in [9.17, 15) is 8.42 Å². The van der Waals surface area contributed by atoms with Crippen LogP contribution in [0, 0.1) is 0 Å². The molecule has 0 saturated heterocycles. The largest absolute Gasteiger partial charge is 0.309 e. The Morgan fingerprint density at radius 2 is 2.10 bits per heavy atom. The molecule has 0 aliphatic rings. The number of rotatable bonds is 9. The molecule has 20 heavy (non-hydrogen) atoms. The van der Waals surface area contributed by atoms with Gasteiger partial charge in [-0.15, -0.1) is 0 Å². The van der Waals surface area contributed by atoms with Gasteiger partial charge in [0, 0.05) is 25.1 Å². The zero-order valence-corrected chi connectivity index (χ0v) is 13.8. The van der Waals surface area contributed by atoms with Gasteiger partial charge < -0.3 is 5.32 Å². The highest BCUT2D eigenvalue weighted by atomic mass is 32.2. The van der Waals surface area contributed by atoms with Gasteiger partial charge >= 0.3 is 0 Å². The van der Waals surface area contributed by atoms with Crippen LogP contribution in [0.2, 0.25) is 0 Å². The van der Waals surface area contributed by atoms with E-state index >= 15 is 0 Å². The van der Waals surface area contributed by atoms with Gasteiger partial charge in [0.1, 0.15) is 9.84 Å². The number of sulfone groups is 1. The Balaban J connectivity index is 2.74. The van der Waals surface area contributed by atoms with Gasteiger partial charge in [-0.25, -0.2) is 8.42 Å². The lowest BCUT2D eigenvalue weighted by Gasteiger charge is -2.18. The van der Waals surface area contributed by atoms with Gasteiger partial charge in [0.2, 0.25) is 0 Å². The average molecular weight is 301 g/mol. The lowest BCUT2D eigenvalue weighted by atomic mass is 10.1. The number of hydrogen-bond donors (Lipinski definition) is 1. The molecule has 1 heterocycles. The van der Waals surface area contributed by atoms with E-state index in [1.54, 1.807) is 0 Å². The van der Waals surface area contributed by atoms with Gasteiger partial charge in [-0.2, -0.15) is 5.10 Å². The third-order valence-electron chi connectivity index (χ3n) is 3.33. The van der Waals surface area contributed by atoms with Crippen LogP contribution >= 0.6 is 0 Å². The first kappa shape index (κ1) is 17.2. The van der Waals surface area contributed by atoms with E-state index in [0.717, 1.165) is 37.2 Å². The van der Waals surface area contributed by atoms with E-state index in [-0.39, 0.29) is 11.8 Å². The van der Waals surface area contributed by atoms with Crippen molar-refractivity contribution in [2.24, 2.45) is 7.05 Å². The molecule has 0 fully saturated rings. The maximum absolute atomic E-state index is 11.2. The van der Waals surface area contributed by atoms with Gasteiger partial charge in [-0.3, -0.25) is 4.68 Å². The SMILES string of the molecule is CCCNC(CCCS(C)(=O)=O)c1cc(CC)nn1C. The van der Waals surface area contributed by atoms with Crippen LogP contribution in [0.3, 0.4) is 0 Å². The zero-order chi connectivity index (χ0) is 15.2. The Morgan fingerprint density at radius 1 is 1.40 bits per heavy atom. The highest BCUT2D eigenvalue weighted by Crippen LogP contribution is 2.20. The highest BCUT2D eigenvalue weighted by molar-refractivity contribution is 7.90. The number of aryl methyl sites for hydroxylation is 2. The van der Waals surface area contributed by atoms with E-state index in [0.29, 0.717) is 6.42 Å². The molecule has 0 bridgehead atoms. The van der Waals surface area contributed by atoms with Gasteiger partial charge in [0.25, 0.3) is 0 Å². The summed E-state index contributed by atoms with van der Waals surface area (Å²) in [6.45, 7) is 5.14. The predicted octanol–water partition coefficient (Wildman–Crippen LogP) is 1.85. The molecule has 0 aliphatic carbocycles. The second-order valence-electron chi connectivity index (χ2n) is 5.32. The van der Waals surface area contributed by atoms with Crippen LogP contribution in [0.25, 0.3) is 0 Å². The fourth-order valence-corrected chi connectivity index (χ4v) is 2.96. The summed E-state index contributed by atoms with van der Waals surface area (Å²) in [5.41, 5.74) is 2.22. The van der Waals surface area contributed by atoms with Crippen LogP contribution in [0.5, 0.6) is 0 Å². The molecule has 1 aromatic rings. The molecule has 1 N–H and O–H groups in total. The summed E-state index contributed by atoms with van der Waals surface area (Å²) in [7, 11) is -0.932. The second-order valence-corrected chi connectivity index (χ2v) is 7.58. The summed E-state index contributed by atoms with van der Waals surface area (Å²) in [6.07, 6.45) is 4.75. The Labute approximate surface area is 122 Å². The van der Waals surface area contributed by atoms with Crippen molar-refractivity contribution >= 4 is 9.84 Å². The lowest BCUT2D eigenvalue weighted by Crippen LogP contribution is -2.25. The first-order valence-electron chi connectivity index (χ1n) is 7.31. The fourth-order valence-electron chi connectivity index (χ4n) is 2.27. The molecule has 1 atom stereocenters. The average Bonchev–Trinajstić information content (AvgIpc) is 2.73. The van der Waals surface area contributed by atoms with Crippen LogP contribution in [0.1, 0.15) is 50.5 Å². The van der Waals surface area contributed by atoms with Crippen molar-refractivity contribution in [3.63, 3.8) is 0 Å². The molecule has 1 rings (SSSR count). The summed E-state index contributed by atoms with van der Waals surface area (Å²) in [6, 6.07) is 2.29. The number of hydrogen-bond acceptors (Lipinski definition) is 4. The molecule has 1 unspecified atom stereocenters. The summed E-state index contributed by atoms with van der Waals surface area (Å²) in [5.74, 6) is 0.246. The molecule has 5 nitrogen and oxygen atoms in total. The van der Waals surface area contributed by atoms with E-state index in [1.165, 1.54) is 6.26 Å². The molecule has 116 valence electrons. The van der Waals surface area contributed by atoms with Crippen molar-refractivity contribution in [1.82, 2.24) is 15.1 Å². The molecule has 1 aromatic heterocycles. The van der Waals surface area contributed by atoms with Gasteiger partial charge in [-0.05, 0) is 38.3 Å². The van der Waals surface area contributed by atoms with Gasteiger partial charge in [-0.1, -0.05) is 13.8 Å². The molecule has 0 aromatic carbocycles. The molecule has 0 spiro atoms. The Hall–Kier alpha value is -0.880. The molecule has 0 amide bonds. The normalized spacial score (nSPS) is 13.6. The maximum atomic E-state index is 11.2. The van der Waals surface area contributed by atoms with Crippen LogP contribution in [-0.2, 0) is 23.3 Å². The molecule has 6 heteroatoms. The summed E-state index contributed by atoms with van der Waals surface area (Å²) in [5, 5.41) is 7.97. The van der Waals surface area contributed by atoms with Crippen LogP contribution in [0.4, 0.5) is 0 Å². The van der Waals surface area contributed by atoms with Crippen LogP contribution < -0.4 is 5.32 Å². The van der Waals surface area contributed by atoms with Crippen molar-refractivity contribution in [2.45, 2.75) is 45.6 Å². The molecule has 0 saturated carbocycles. The number of nitrogens with one attached hydrogen (secondary N) is 1. The van der Waals surface area contributed by atoms with Crippen LogP contribution in [-0.4, -0.2) is 36.8 Å². The quantitative estimate of drug-likeness (QED) is 0.756. The van der Waals surface area contributed by atoms with E-state index in [4.69, 9.17) is 0 Å². The molecule has 0 radical (unpaired) electrons. The van der Waals surface area contributed by atoms with Gasteiger partial charge in [0.15, 0.2) is 0 Å². The van der Waals surface area contributed by atoms with Crippen molar-refractivity contribution in [3.8, 4) is 0 Å². The number of aromatic nitrogens is 2. The number of nitrogens with zero attached hydrogens (tertiary/aromatic N) is 2. The summed E-state index contributed by atoms with van der Waals surface area (Å²) >= 11 is 0. The fraction of sp³-hybridized carbons (Fsp3) is 0.786. The lowest BCUT2D eigenvalue weighted by molar-refractivity contribution is 0.463. The second kappa shape index (κ2) is 7.78. The molecule has 0 aliphatic heterocycles. The highest BCUT2D eigenvalue weighted by Gasteiger charge is 2.16. The van der Waals surface area contributed by atoms with E-state index in [2.05, 4.69) is 30.3 Å². The minimum atomic E-state index is -2.88. The van der Waals surface area contributed by atoms with Crippen molar-refractivity contribution in [2.75, 3.05) is 18.6 Å². The third-order valence-corrected chi connectivity index (χ3v) is 4.36. The first-order valence-corrected chi connectivity index (χ1v) is 9.37. The Bertz CT molecular complexity index is 508. The van der Waals surface area contributed by atoms with E-state index < -0.39 is 9.84 Å². The van der Waals surface area contributed by atoms with Gasteiger partial charge in [0.05, 0.1) is 11.4 Å². The zero-order valence-electron chi connectivity index (χ0n) is 13.0. The van der Waals surface area contributed by atoms with Crippen molar-refractivity contribution in [1.29, 1.82) is 0 Å². The minimum absolute atomic E-state index is 0.175. The maximum Gasteiger partial charge on any atom is 0.147 e. The summed E-state index contributed by atoms with van der Waals surface area (Å²) in [4.78, 5) is 0. The Kier molecular flexibility index (Phi) is 6.68. The predicted molar refractivity (Wildman–Crippen MR) is 82.6 cm³/mol. The summed E-state index contributed by atoms with van der Waals surface area (Å²) < 4.78 is 24.4. The van der Waals surface area contributed by atoms with Crippen molar-refractivity contribution in [3.05, 3.63) is 17.5 Å². The third kappa shape index (κ3) is 5.63.